The standard InChI is InChI=1S/C14H21N7O/c1-11-7-12(2)21(16-11)8-13-5-3-4-6-20(13)14(22)9-19-10-15-17-18-19/h7,10,13H,3-6,8-9H2,1-2H3/t13-/m0/s1. The van der Waals surface area contributed by atoms with E-state index < -0.39 is 0 Å². The molecular formula is C14H21N7O. The van der Waals surface area contributed by atoms with Gasteiger partial charge in [0, 0.05) is 12.2 Å². The zero-order valence-corrected chi connectivity index (χ0v) is 13.0. The number of likely N-dealkylation sites (tertiary alicyclic amines) is 1. The highest BCUT2D eigenvalue weighted by atomic mass is 16.2. The molecule has 1 aliphatic rings. The number of rotatable bonds is 4. The van der Waals surface area contributed by atoms with Crippen LogP contribution in [0.25, 0.3) is 0 Å². The first-order valence-electron chi connectivity index (χ1n) is 7.65. The second kappa shape index (κ2) is 6.25. The van der Waals surface area contributed by atoms with Gasteiger partial charge in [0.15, 0.2) is 0 Å². The maximum Gasteiger partial charge on any atom is 0.244 e. The van der Waals surface area contributed by atoms with Crippen LogP contribution in [0.1, 0.15) is 30.7 Å². The van der Waals surface area contributed by atoms with Crippen LogP contribution < -0.4 is 0 Å². The number of tetrazole rings is 1. The van der Waals surface area contributed by atoms with Crippen LogP contribution in [0.4, 0.5) is 0 Å². The van der Waals surface area contributed by atoms with Gasteiger partial charge in [-0.1, -0.05) is 0 Å². The SMILES string of the molecule is Cc1cc(C)n(C[C@@H]2CCCCN2C(=O)Cn2cnnn2)n1. The summed E-state index contributed by atoms with van der Waals surface area (Å²) in [7, 11) is 0. The average molecular weight is 303 g/mol. The number of piperidine rings is 1. The summed E-state index contributed by atoms with van der Waals surface area (Å²) >= 11 is 0. The van der Waals surface area contributed by atoms with Crippen LogP contribution in [-0.2, 0) is 17.9 Å². The summed E-state index contributed by atoms with van der Waals surface area (Å²) in [5.41, 5.74) is 2.15. The van der Waals surface area contributed by atoms with Crippen molar-refractivity contribution in [3.8, 4) is 0 Å². The van der Waals surface area contributed by atoms with Crippen LogP contribution in [0.2, 0.25) is 0 Å². The van der Waals surface area contributed by atoms with Crippen molar-refractivity contribution in [1.29, 1.82) is 0 Å². The molecule has 0 spiro atoms. The minimum Gasteiger partial charge on any atom is -0.336 e. The van der Waals surface area contributed by atoms with Gasteiger partial charge in [0.25, 0.3) is 0 Å². The molecule has 8 nitrogen and oxygen atoms in total. The number of hydrogen-bond donors (Lipinski definition) is 0. The second-order valence-electron chi connectivity index (χ2n) is 5.85. The third-order valence-electron chi connectivity index (χ3n) is 4.12. The molecule has 3 rings (SSSR count). The number of hydrogen-bond acceptors (Lipinski definition) is 5. The van der Waals surface area contributed by atoms with Crippen molar-refractivity contribution in [3.63, 3.8) is 0 Å². The molecule has 0 bridgehead atoms. The fraction of sp³-hybridized carbons (Fsp3) is 0.643. The Morgan fingerprint density at radius 3 is 2.91 bits per heavy atom. The lowest BCUT2D eigenvalue weighted by Crippen LogP contribution is -2.47. The Hall–Kier alpha value is -2.25. The molecule has 0 N–H and O–H groups in total. The van der Waals surface area contributed by atoms with E-state index in [9.17, 15) is 4.79 Å². The molecule has 8 heteroatoms. The Kier molecular flexibility index (Phi) is 4.17. The molecule has 0 unspecified atom stereocenters. The van der Waals surface area contributed by atoms with Crippen LogP contribution in [0.5, 0.6) is 0 Å². The lowest BCUT2D eigenvalue weighted by Gasteiger charge is -2.36. The Balaban J connectivity index is 1.70. The maximum absolute atomic E-state index is 12.5. The van der Waals surface area contributed by atoms with E-state index in [1.807, 2.05) is 16.5 Å². The molecule has 1 atom stereocenters. The Labute approximate surface area is 129 Å². The molecule has 0 saturated carbocycles. The zero-order chi connectivity index (χ0) is 15.5. The minimum absolute atomic E-state index is 0.0681. The Morgan fingerprint density at radius 2 is 2.23 bits per heavy atom. The fourth-order valence-corrected chi connectivity index (χ4v) is 3.06. The van der Waals surface area contributed by atoms with Crippen molar-refractivity contribution in [2.75, 3.05) is 6.54 Å². The van der Waals surface area contributed by atoms with Crippen molar-refractivity contribution < 1.29 is 4.79 Å². The number of amides is 1. The van der Waals surface area contributed by atoms with Crippen molar-refractivity contribution in [2.24, 2.45) is 0 Å². The van der Waals surface area contributed by atoms with E-state index in [-0.39, 0.29) is 18.5 Å². The Morgan fingerprint density at radius 1 is 1.36 bits per heavy atom. The van der Waals surface area contributed by atoms with E-state index in [1.54, 1.807) is 0 Å². The lowest BCUT2D eigenvalue weighted by atomic mass is 10.0. The van der Waals surface area contributed by atoms with E-state index >= 15 is 0 Å². The second-order valence-corrected chi connectivity index (χ2v) is 5.85. The third-order valence-corrected chi connectivity index (χ3v) is 4.12. The summed E-state index contributed by atoms with van der Waals surface area (Å²) in [5.74, 6) is 0.0681. The molecule has 0 aliphatic carbocycles. The van der Waals surface area contributed by atoms with Crippen LogP contribution >= 0.6 is 0 Å². The number of nitrogens with zero attached hydrogens (tertiary/aromatic N) is 7. The largest absolute Gasteiger partial charge is 0.336 e. The van der Waals surface area contributed by atoms with Gasteiger partial charge in [0.2, 0.25) is 5.91 Å². The van der Waals surface area contributed by atoms with Gasteiger partial charge < -0.3 is 4.90 Å². The van der Waals surface area contributed by atoms with Crippen molar-refractivity contribution in [1.82, 2.24) is 34.9 Å². The predicted molar refractivity (Wildman–Crippen MR) is 78.9 cm³/mol. The summed E-state index contributed by atoms with van der Waals surface area (Å²) in [6.45, 7) is 5.79. The molecule has 1 saturated heterocycles. The molecule has 22 heavy (non-hydrogen) atoms. The number of aromatic nitrogens is 6. The van der Waals surface area contributed by atoms with Gasteiger partial charge >= 0.3 is 0 Å². The van der Waals surface area contributed by atoms with E-state index in [2.05, 4.69) is 33.6 Å². The quantitative estimate of drug-likeness (QED) is 0.824. The van der Waals surface area contributed by atoms with Gasteiger partial charge in [0.05, 0.1) is 18.3 Å². The number of carbonyl (C=O) groups is 1. The summed E-state index contributed by atoms with van der Waals surface area (Å²) in [6, 6.07) is 2.26. The summed E-state index contributed by atoms with van der Waals surface area (Å²) < 4.78 is 3.47. The summed E-state index contributed by atoms with van der Waals surface area (Å²) in [5, 5.41) is 15.4. The molecule has 0 radical (unpaired) electrons. The summed E-state index contributed by atoms with van der Waals surface area (Å²) in [4.78, 5) is 14.5. The molecule has 118 valence electrons. The van der Waals surface area contributed by atoms with Crippen LogP contribution in [-0.4, -0.2) is 53.4 Å². The van der Waals surface area contributed by atoms with Gasteiger partial charge in [0.1, 0.15) is 12.9 Å². The van der Waals surface area contributed by atoms with Crippen LogP contribution in [0.3, 0.4) is 0 Å². The fourth-order valence-electron chi connectivity index (χ4n) is 3.06. The first-order chi connectivity index (χ1) is 10.6. The normalized spacial score (nSPS) is 18.6. The van der Waals surface area contributed by atoms with E-state index in [0.29, 0.717) is 0 Å². The molecule has 2 aromatic rings. The average Bonchev–Trinajstić information content (AvgIpc) is 3.10. The first kappa shape index (κ1) is 14.7. The van der Waals surface area contributed by atoms with Gasteiger partial charge in [-0.15, -0.1) is 5.10 Å². The molecule has 1 amide bonds. The predicted octanol–water partition coefficient (Wildman–Crippen LogP) is 0.568. The molecular weight excluding hydrogens is 282 g/mol. The van der Waals surface area contributed by atoms with Gasteiger partial charge in [-0.3, -0.25) is 9.48 Å². The molecule has 3 heterocycles. The van der Waals surface area contributed by atoms with Gasteiger partial charge in [-0.25, -0.2) is 4.68 Å². The van der Waals surface area contributed by atoms with E-state index in [0.717, 1.165) is 43.7 Å². The smallest absolute Gasteiger partial charge is 0.244 e. The molecule has 2 aromatic heterocycles. The van der Waals surface area contributed by atoms with Crippen molar-refractivity contribution >= 4 is 5.91 Å². The molecule has 1 aliphatic heterocycles. The maximum atomic E-state index is 12.5. The highest BCUT2D eigenvalue weighted by molar-refractivity contribution is 5.76. The minimum atomic E-state index is 0.0681. The van der Waals surface area contributed by atoms with Gasteiger partial charge in [-0.05, 0) is 49.6 Å². The first-order valence-corrected chi connectivity index (χ1v) is 7.65. The van der Waals surface area contributed by atoms with Crippen molar-refractivity contribution in [2.45, 2.75) is 52.2 Å². The molecule has 1 fully saturated rings. The monoisotopic (exact) mass is 303 g/mol. The zero-order valence-electron chi connectivity index (χ0n) is 13.0. The third kappa shape index (κ3) is 3.15. The van der Waals surface area contributed by atoms with Crippen LogP contribution in [0.15, 0.2) is 12.4 Å². The van der Waals surface area contributed by atoms with Gasteiger partial charge in [-0.2, -0.15) is 5.10 Å². The number of carbonyl (C=O) groups excluding carboxylic acids is 1. The van der Waals surface area contributed by atoms with Crippen LogP contribution in [0, 0.1) is 13.8 Å². The van der Waals surface area contributed by atoms with E-state index in [1.165, 1.54) is 11.0 Å². The highest BCUT2D eigenvalue weighted by Gasteiger charge is 2.27. The van der Waals surface area contributed by atoms with E-state index in [4.69, 9.17) is 0 Å². The Bertz CT molecular complexity index is 634. The number of aryl methyl sites for hydroxylation is 2. The van der Waals surface area contributed by atoms with Crippen molar-refractivity contribution in [3.05, 3.63) is 23.8 Å². The molecule has 0 aromatic carbocycles. The summed E-state index contributed by atoms with van der Waals surface area (Å²) in [6.07, 6.45) is 4.69. The highest BCUT2D eigenvalue weighted by Crippen LogP contribution is 2.19. The lowest BCUT2D eigenvalue weighted by molar-refractivity contribution is -0.136. The topological polar surface area (TPSA) is 81.7 Å².